The summed E-state index contributed by atoms with van der Waals surface area (Å²) < 4.78 is 0. The van der Waals surface area contributed by atoms with Crippen LogP contribution >= 0.6 is 0 Å². The molecule has 0 radical (unpaired) electrons. The van der Waals surface area contributed by atoms with E-state index in [0.717, 1.165) is 6.42 Å². The van der Waals surface area contributed by atoms with E-state index in [1.54, 1.807) is 0 Å². The van der Waals surface area contributed by atoms with Crippen LogP contribution in [-0.2, 0) is 0 Å². The normalized spacial score (nSPS) is 12.2. The predicted octanol–water partition coefficient (Wildman–Crippen LogP) is 5.93. The number of nitrogens with one attached hydrogen (secondary N) is 1. The first-order chi connectivity index (χ1) is 9.35. The number of hydrogen-bond acceptors (Lipinski definition) is 0. The van der Waals surface area contributed by atoms with E-state index < -0.39 is 0 Å². The van der Waals surface area contributed by atoms with Gasteiger partial charge in [0, 0.05) is 11.2 Å². The third-order valence-corrected chi connectivity index (χ3v) is 3.71. The van der Waals surface area contributed by atoms with Crippen LogP contribution in [0.1, 0.15) is 58.1 Å². The minimum absolute atomic E-state index is 1.10. The maximum atomic E-state index is 3.53. The highest BCUT2D eigenvalue weighted by Gasteiger charge is 2.03. The van der Waals surface area contributed by atoms with Crippen LogP contribution in [0.4, 0.5) is 0 Å². The van der Waals surface area contributed by atoms with Crippen molar-refractivity contribution in [1.29, 1.82) is 0 Å². The molecule has 1 aromatic carbocycles. The first kappa shape index (κ1) is 13.9. The average Bonchev–Trinajstić information content (AvgIpc) is 2.86. The molecule has 2 rings (SSSR count). The van der Waals surface area contributed by atoms with Gasteiger partial charge in [0.05, 0.1) is 0 Å². The number of aromatic nitrogens is 1. The second-order valence-corrected chi connectivity index (χ2v) is 5.20. The van der Waals surface area contributed by atoms with Crippen molar-refractivity contribution in [2.45, 2.75) is 52.4 Å². The van der Waals surface area contributed by atoms with E-state index >= 15 is 0 Å². The van der Waals surface area contributed by atoms with Gasteiger partial charge in [-0.25, -0.2) is 0 Å². The summed E-state index contributed by atoms with van der Waals surface area (Å²) in [5.74, 6) is 0. The van der Waals surface area contributed by atoms with Crippen molar-refractivity contribution >= 4 is 16.5 Å². The van der Waals surface area contributed by atoms with Gasteiger partial charge in [-0.3, -0.25) is 0 Å². The zero-order valence-corrected chi connectivity index (χ0v) is 12.2. The van der Waals surface area contributed by atoms with E-state index in [1.165, 1.54) is 54.3 Å². The Morgan fingerprint density at radius 2 is 1.95 bits per heavy atom. The van der Waals surface area contributed by atoms with Gasteiger partial charge in [-0.1, -0.05) is 57.4 Å². The summed E-state index contributed by atoms with van der Waals surface area (Å²) in [5, 5.41) is 1.31. The van der Waals surface area contributed by atoms with Crippen LogP contribution in [0, 0.1) is 0 Å². The van der Waals surface area contributed by atoms with Gasteiger partial charge in [-0.05, 0) is 42.4 Å². The lowest BCUT2D eigenvalue weighted by Gasteiger charge is -2.02. The Balaban J connectivity index is 2.05. The van der Waals surface area contributed by atoms with Crippen LogP contribution in [0.3, 0.4) is 0 Å². The van der Waals surface area contributed by atoms with Crippen molar-refractivity contribution in [3.8, 4) is 0 Å². The molecule has 102 valence electrons. The molecule has 0 spiro atoms. The topological polar surface area (TPSA) is 15.8 Å². The molecule has 1 nitrogen and oxygen atoms in total. The fourth-order valence-corrected chi connectivity index (χ4v) is 2.54. The zero-order chi connectivity index (χ0) is 13.5. The molecule has 1 aromatic heterocycles. The molecule has 0 bridgehead atoms. The molecule has 1 heterocycles. The van der Waals surface area contributed by atoms with Crippen LogP contribution in [0.15, 0.2) is 36.4 Å². The number of fused-ring (bicyclic) bond motifs is 1. The zero-order valence-electron chi connectivity index (χ0n) is 12.2. The SMILES string of the molecule is CCCCCC/C=C(\CC)c1cc2ccccc2[nH]1. The van der Waals surface area contributed by atoms with Gasteiger partial charge in [-0.2, -0.15) is 0 Å². The molecule has 0 aliphatic carbocycles. The molecule has 0 unspecified atom stereocenters. The smallest absolute Gasteiger partial charge is 0.0458 e. The fraction of sp³-hybridized carbons (Fsp3) is 0.444. The Bertz CT molecular complexity index is 500. The standard InChI is InChI=1S/C18H25N/c1-3-5-6-7-8-11-15(4-2)18-14-16-12-9-10-13-17(16)19-18/h9-14,19H,3-8H2,1-2H3/b15-11+. The molecule has 0 saturated carbocycles. The second-order valence-electron chi connectivity index (χ2n) is 5.20. The second kappa shape index (κ2) is 7.18. The molecule has 0 aliphatic heterocycles. The third-order valence-electron chi connectivity index (χ3n) is 3.71. The number of para-hydroxylation sites is 1. The predicted molar refractivity (Wildman–Crippen MR) is 85.3 cm³/mol. The summed E-state index contributed by atoms with van der Waals surface area (Å²) in [6.07, 6.45) is 10.1. The number of unbranched alkanes of at least 4 members (excludes halogenated alkanes) is 4. The van der Waals surface area contributed by atoms with Gasteiger partial charge >= 0.3 is 0 Å². The monoisotopic (exact) mass is 255 g/mol. The van der Waals surface area contributed by atoms with E-state index in [4.69, 9.17) is 0 Å². The summed E-state index contributed by atoms with van der Waals surface area (Å²) in [4.78, 5) is 3.53. The minimum atomic E-state index is 1.10. The maximum Gasteiger partial charge on any atom is 0.0458 e. The van der Waals surface area contributed by atoms with E-state index in [0.29, 0.717) is 0 Å². The molecule has 2 aromatic rings. The molecular formula is C18H25N. The fourth-order valence-electron chi connectivity index (χ4n) is 2.54. The van der Waals surface area contributed by atoms with Crippen LogP contribution in [0.5, 0.6) is 0 Å². The molecular weight excluding hydrogens is 230 g/mol. The van der Waals surface area contributed by atoms with Crippen molar-refractivity contribution in [3.63, 3.8) is 0 Å². The minimum Gasteiger partial charge on any atom is -0.355 e. The first-order valence-corrected chi connectivity index (χ1v) is 7.62. The summed E-state index contributed by atoms with van der Waals surface area (Å²) in [6.45, 7) is 4.50. The van der Waals surface area contributed by atoms with Crippen molar-refractivity contribution in [3.05, 3.63) is 42.1 Å². The number of benzene rings is 1. The number of hydrogen-bond donors (Lipinski definition) is 1. The van der Waals surface area contributed by atoms with Gasteiger partial charge in [0.1, 0.15) is 0 Å². The van der Waals surface area contributed by atoms with Gasteiger partial charge < -0.3 is 4.98 Å². The van der Waals surface area contributed by atoms with Crippen molar-refractivity contribution < 1.29 is 0 Å². The molecule has 0 amide bonds. The lowest BCUT2D eigenvalue weighted by atomic mass is 10.1. The summed E-state index contributed by atoms with van der Waals surface area (Å²) in [6, 6.07) is 10.8. The number of aromatic amines is 1. The quantitative estimate of drug-likeness (QED) is 0.590. The Labute approximate surface area is 116 Å². The van der Waals surface area contributed by atoms with Crippen molar-refractivity contribution in [2.75, 3.05) is 0 Å². The van der Waals surface area contributed by atoms with E-state index in [9.17, 15) is 0 Å². The van der Waals surface area contributed by atoms with E-state index in [1.807, 2.05) is 0 Å². The average molecular weight is 255 g/mol. The first-order valence-electron chi connectivity index (χ1n) is 7.62. The Morgan fingerprint density at radius 1 is 1.11 bits per heavy atom. The molecule has 1 N–H and O–H groups in total. The number of allylic oxidation sites excluding steroid dienone is 2. The Kier molecular flexibility index (Phi) is 5.26. The molecule has 19 heavy (non-hydrogen) atoms. The highest BCUT2D eigenvalue weighted by atomic mass is 14.7. The molecule has 0 aliphatic rings. The largest absolute Gasteiger partial charge is 0.355 e. The van der Waals surface area contributed by atoms with Gasteiger partial charge in [0.25, 0.3) is 0 Å². The van der Waals surface area contributed by atoms with Crippen LogP contribution in [-0.4, -0.2) is 4.98 Å². The molecule has 0 saturated heterocycles. The molecule has 0 atom stereocenters. The van der Waals surface area contributed by atoms with Crippen molar-refractivity contribution in [2.24, 2.45) is 0 Å². The molecule has 0 fully saturated rings. The van der Waals surface area contributed by atoms with Gasteiger partial charge in [0.2, 0.25) is 0 Å². The Morgan fingerprint density at radius 3 is 2.68 bits per heavy atom. The van der Waals surface area contributed by atoms with Crippen LogP contribution in [0.2, 0.25) is 0 Å². The van der Waals surface area contributed by atoms with Crippen LogP contribution in [0.25, 0.3) is 16.5 Å². The Hall–Kier alpha value is -1.50. The molecule has 1 heteroatoms. The van der Waals surface area contributed by atoms with Gasteiger partial charge in [-0.15, -0.1) is 0 Å². The number of H-pyrrole nitrogens is 1. The highest BCUT2D eigenvalue weighted by Crippen LogP contribution is 2.23. The highest BCUT2D eigenvalue weighted by molar-refractivity contribution is 5.84. The summed E-state index contributed by atoms with van der Waals surface area (Å²) >= 11 is 0. The van der Waals surface area contributed by atoms with Crippen LogP contribution < -0.4 is 0 Å². The lowest BCUT2D eigenvalue weighted by Crippen LogP contribution is -1.83. The summed E-state index contributed by atoms with van der Waals surface area (Å²) in [7, 11) is 0. The lowest BCUT2D eigenvalue weighted by molar-refractivity contribution is 0.674. The number of rotatable bonds is 7. The van der Waals surface area contributed by atoms with Gasteiger partial charge in [0.15, 0.2) is 0 Å². The third kappa shape index (κ3) is 3.73. The van der Waals surface area contributed by atoms with E-state index in [2.05, 4.69) is 55.2 Å². The van der Waals surface area contributed by atoms with Crippen molar-refractivity contribution in [1.82, 2.24) is 4.98 Å². The summed E-state index contributed by atoms with van der Waals surface area (Å²) in [5.41, 5.74) is 3.98. The van der Waals surface area contributed by atoms with E-state index in [-0.39, 0.29) is 0 Å². The maximum absolute atomic E-state index is 3.53.